The summed E-state index contributed by atoms with van der Waals surface area (Å²) < 4.78 is 16.9. The maximum absolute atomic E-state index is 12.9. The van der Waals surface area contributed by atoms with Crippen LogP contribution in [-0.4, -0.2) is 37.2 Å². The summed E-state index contributed by atoms with van der Waals surface area (Å²) in [6.45, 7) is 6.52. The number of carbonyl (C=O) groups is 3. The van der Waals surface area contributed by atoms with E-state index in [-0.39, 0.29) is 31.1 Å². The molecule has 0 aliphatic heterocycles. The number of esters is 3. The van der Waals surface area contributed by atoms with Crippen molar-refractivity contribution in [3.05, 3.63) is 85.1 Å². The number of rotatable bonds is 55. The summed E-state index contributed by atoms with van der Waals surface area (Å²) in [6.07, 6.45) is 78.6. The second kappa shape index (κ2) is 60.1. The molecule has 6 heteroatoms. The molecule has 0 aromatic carbocycles. The Bertz CT molecular complexity index is 1380. The van der Waals surface area contributed by atoms with Crippen LogP contribution in [0.1, 0.15) is 297 Å². The third-order valence-electron chi connectivity index (χ3n) is 13.1. The molecule has 0 fully saturated rings. The predicted molar refractivity (Wildman–Crippen MR) is 311 cm³/mol. The van der Waals surface area contributed by atoms with Gasteiger partial charge in [-0.05, 0) is 96.3 Å². The van der Waals surface area contributed by atoms with Gasteiger partial charge in [-0.3, -0.25) is 14.4 Å². The van der Waals surface area contributed by atoms with Crippen molar-refractivity contribution in [2.75, 3.05) is 13.2 Å². The van der Waals surface area contributed by atoms with Crippen molar-refractivity contribution in [2.45, 2.75) is 303 Å². The van der Waals surface area contributed by atoms with E-state index in [1.54, 1.807) is 0 Å². The van der Waals surface area contributed by atoms with Crippen LogP contribution < -0.4 is 0 Å². The van der Waals surface area contributed by atoms with E-state index in [4.69, 9.17) is 14.2 Å². The predicted octanol–water partition coefficient (Wildman–Crippen LogP) is 20.7. The Balaban J connectivity index is 4.35. The Hall–Kier alpha value is -3.41. The number of hydrogen-bond donors (Lipinski definition) is 0. The fourth-order valence-electron chi connectivity index (χ4n) is 8.56. The maximum Gasteiger partial charge on any atom is 0.306 e. The molecule has 0 heterocycles. The van der Waals surface area contributed by atoms with Gasteiger partial charge >= 0.3 is 17.9 Å². The third-order valence-corrected chi connectivity index (χ3v) is 13.1. The lowest BCUT2D eigenvalue weighted by atomic mass is 10.0. The number of allylic oxidation sites excluding steroid dienone is 14. The highest BCUT2D eigenvalue weighted by Gasteiger charge is 2.19. The highest BCUT2D eigenvalue weighted by Crippen LogP contribution is 2.16. The first-order chi connectivity index (χ1) is 35.5. The van der Waals surface area contributed by atoms with Crippen molar-refractivity contribution in [3.8, 4) is 0 Å². The minimum Gasteiger partial charge on any atom is -0.462 e. The fraction of sp³-hybridized carbons (Fsp3) is 0.742. The van der Waals surface area contributed by atoms with E-state index in [0.717, 1.165) is 116 Å². The van der Waals surface area contributed by atoms with Gasteiger partial charge in [0, 0.05) is 19.3 Å². The first-order valence-electron chi connectivity index (χ1n) is 30.6. The lowest BCUT2D eigenvalue weighted by Gasteiger charge is -2.18. The van der Waals surface area contributed by atoms with E-state index in [1.807, 2.05) is 0 Å². The first-order valence-corrected chi connectivity index (χ1v) is 30.6. The fourth-order valence-corrected chi connectivity index (χ4v) is 8.56. The van der Waals surface area contributed by atoms with E-state index in [9.17, 15) is 14.4 Å². The second-order valence-corrected chi connectivity index (χ2v) is 20.2. The van der Waals surface area contributed by atoms with Gasteiger partial charge in [0.15, 0.2) is 6.10 Å². The van der Waals surface area contributed by atoms with Crippen molar-refractivity contribution in [2.24, 2.45) is 0 Å². The molecule has 72 heavy (non-hydrogen) atoms. The Morgan fingerprint density at radius 2 is 0.542 bits per heavy atom. The molecule has 0 rings (SSSR count). The van der Waals surface area contributed by atoms with Crippen LogP contribution >= 0.6 is 0 Å². The van der Waals surface area contributed by atoms with E-state index >= 15 is 0 Å². The summed E-state index contributed by atoms with van der Waals surface area (Å²) in [5.41, 5.74) is 0. The smallest absolute Gasteiger partial charge is 0.306 e. The molecule has 414 valence electrons. The number of carbonyl (C=O) groups excluding carboxylic acids is 3. The van der Waals surface area contributed by atoms with Gasteiger partial charge in [-0.15, -0.1) is 0 Å². The monoisotopic (exact) mass is 1000 g/mol. The molecule has 0 bridgehead atoms. The highest BCUT2D eigenvalue weighted by atomic mass is 16.6. The summed E-state index contributed by atoms with van der Waals surface area (Å²) in [7, 11) is 0. The van der Waals surface area contributed by atoms with Gasteiger partial charge in [0.25, 0.3) is 0 Å². The SMILES string of the molecule is CC/C=C\C/C=C\C/C=C\C/C=C\C/C=C\C/C=C\CCCCCCCCC(=O)OCC(COC(=O)CCCCCCC/C=C\CCCCCC)OC(=O)CCCCCCCCCCCCCCCCCC. The molecule has 0 N–H and O–H groups in total. The molecular weight excluding hydrogens is 889 g/mol. The molecule has 0 aliphatic rings. The molecule has 0 aromatic rings. The van der Waals surface area contributed by atoms with Crippen molar-refractivity contribution < 1.29 is 28.6 Å². The molecule has 0 radical (unpaired) electrons. The van der Waals surface area contributed by atoms with Crippen molar-refractivity contribution in [1.82, 2.24) is 0 Å². The number of hydrogen-bond acceptors (Lipinski definition) is 6. The van der Waals surface area contributed by atoms with Crippen LogP contribution in [0.2, 0.25) is 0 Å². The molecule has 0 aliphatic carbocycles. The third kappa shape index (κ3) is 57.5. The highest BCUT2D eigenvalue weighted by molar-refractivity contribution is 5.71. The van der Waals surface area contributed by atoms with E-state index < -0.39 is 6.10 Å². The van der Waals surface area contributed by atoms with Gasteiger partial charge in [-0.1, -0.05) is 266 Å². The maximum atomic E-state index is 12.9. The molecule has 0 aromatic heterocycles. The summed E-state index contributed by atoms with van der Waals surface area (Å²) in [4.78, 5) is 38.2. The lowest BCUT2D eigenvalue weighted by Crippen LogP contribution is -2.30. The van der Waals surface area contributed by atoms with Crippen LogP contribution in [0.5, 0.6) is 0 Å². The van der Waals surface area contributed by atoms with E-state index in [2.05, 4.69) is 106 Å². The Morgan fingerprint density at radius 3 is 0.875 bits per heavy atom. The molecule has 1 atom stereocenters. The Kier molecular flexibility index (Phi) is 57.3. The summed E-state index contributed by atoms with van der Waals surface area (Å²) in [5, 5.41) is 0. The van der Waals surface area contributed by atoms with Crippen molar-refractivity contribution >= 4 is 17.9 Å². The van der Waals surface area contributed by atoms with Gasteiger partial charge in [-0.25, -0.2) is 0 Å². The number of ether oxygens (including phenoxy) is 3. The second-order valence-electron chi connectivity index (χ2n) is 20.2. The van der Waals surface area contributed by atoms with Crippen molar-refractivity contribution in [3.63, 3.8) is 0 Å². The van der Waals surface area contributed by atoms with Crippen LogP contribution in [0.15, 0.2) is 85.1 Å². The topological polar surface area (TPSA) is 78.9 Å². The molecule has 0 amide bonds. The van der Waals surface area contributed by atoms with Crippen LogP contribution in [0.4, 0.5) is 0 Å². The standard InChI is InChI=1S/C66H114O6/c1-4-7-10-13-16-19-22-25-27-29-30-31-32-33-34-35-36-37-39-41-44-47-50-53-56-59-65(68)71-62-63(61-70-64(67)58-55-52-49-46-43-40-24-21-18-15-12-9-6-3)72-66(69)60-57-54-51-48-45-42-38-28-26-23-20-17-14-11-8-5-2/h7,10,16,19,21,24-25,27,30-31,33-34,36-37,63H,4-6,8-9,11-15,17-18,20,22-23,26,28-29,32,35,38-62H2,1-3H3/b10-7-,19-16-,24-21-,27-25-,31-30-,34-33-,37-36-. The Labute approximate surface area is 445 Å². The van der Waals surface area contributed by atoms with Gasteiger partial charge in [0.05, 0.1) is 0 Å². The number of unbranched alkanes of at least 4 members (excludes halogenated alkanes) is 30. The normalized spacial score (nSPS) is 12.7. The molecular formula is C66H114O6. The quantitative estimate of drug-likeness (QED) is 0.0261. The lowest BCUT2D eigenvalue weighted by molar-refractivity contribution is -0.167. The zero-order chi connectivity index (χ0) is 52.2. The van der Waals surface area contributed by atoms with Gasteiger partial charge in [0.1, 0.15) is 13.2 Å². The van der Waals surface area contributed by atoms with Crippen LogP contribution in [-0.2, 0) is 28.6 Å². The molecule has 0 spiro atoms. The summed E-state index contributed by atoms with van der Waals surface area (Å²) in [5.74, 6) is -0.895. The van der Waals surface area contributed by atoms with Crippen LogP contribution in [0, 0.1) is 0 Å². The van der Waals surface area contributed by atoms with Crippen LogP contribution in [0.25, 0.3) is 0 Å². The molecule has 1 unspecified atom stereocenters. The van der Waals surface area contributed by atoms with Gasteiger partial charge < -0.3 is 14.2 Å². The largest absolute Gasteiger partial charge is 0.462 e. The van der Waals surface area contributed by atoms with E-state index in [0.29, 0.717) is 19.3 Å². The van der Waals surface area contributed by atoms with Crippen LogP contribution in [0.3, 0.4) is 0 Å². The van der Waals surface area contributed by atoms with E-state index in [1.165, 1.54) is 141 Å². The average Bonchev–Trinajstić information content (AvgIpc) is 3.38. The van der Waals surface area contributed by atoms with Gasteiger partial charge in [0.2, 0.25) is 0 Å². The molecule has 6 nitrogen and oxygen atoms in total. The molecule has 0 saturated carbocycles. The first kappa shape index (κ1) is 68.6. The molecule has 0 saturated heterocycles. The average molecular weight is 1000 g/mol. The summed E-state index contributed by atoms with van der Waals surface area (Å²) in [6, 6.07) is 0. The minimum absolute atomic E-state index is 0.0832. The Morgan fingerprint density at radius 1 is 0.292 bits per heavy atom. The van der Waals surface area contributed by atoms with Gasteiger partial charge in [-0.2, -0.15) is 0 Å². The zero-order valence-corrected chi connectivity index (χ0v) is 47.4. The summed E-state index contributed by atoms with van der Waals surface area (Å²) >= 11 is 0. The minimum atomic E-state index is -0.785. The zero-order valence-electron chi connectivity index (χ0n) is 47.4. The van der Waals surface area contributed by atoms with Crippen molar-refractivity contribution in [1.29, 1.82) is 0 Å².